The first-order valence-electron chi connectivity index (χ1n) is 15.2. The van der Waals surface area contributed by atoms with Gasteiger partial charge in [0.2, 0.25) is 0 Å². The molecule has 7 rings (SSSR count). The summed E-state index contributed by atoms with van der Waals surface area (Å²) in [5, 5.41) is 13.0. The molecule has 0 aliphatic carbocycles. The minimum Gasteiger partial charge on any atom is -0.507 e. The van der Waals surface area contributed by atoms with Crippen LogP contribution in [0.25, 0.3) is 61.4 Å². The molecule has 7 aromatic rings. The predicted molar refractivity (Wildman–Crippen MR) is 181 cm³/mol. The number of rotatable bonds is 6. The van der Waals surface area contributed by atoms with Crippen LogP contribution in [0.2, 0.25) is 0 Å². The summed E-state index contributed by atoms with van der Waals surface area (Å²) in [7, 11) is 0. The molecule has 226 valence electrons. The fourth-order valence-corrected chi connectivity index (χ4v) is 6.27. The number of para-hydroxylation sites is 2. The summed E-state index contributed by atoms with van der Waals surface area (Å²) in [4.78, 5) is 10.5. The first-order chi connectivity index (χ1) is 21.4. The average molecular weight is 768 g/mol. The summed E-state index contributed by atoms with van der Waals surface area (Å²) < 4.78 is 2.33. The van der Waals surface area contributed by atoms with E-state index >= 15 is 0 Å². The van der Waals surface area contributed by atoms with Crippen LogP contribution in [-0.2, 0) is 21.1 Å². The number of nitrogens with zero attached hydrogens (tertiary/aromatic N) is 3. The van der Waals surface area contributed by atoms with Gasteiger partial charge >= 0.3 is 0 Å². The zero-order chi connectivity index (χ0) is 30.4. The molecule has 0 bridgehead atoms. The summed E-state index contributed by atoms with van der Waals surface area (Å²) in [6, 6.07) is 42.2. The van der Waals surface area contributed by atoms with Crippen LogP contribution in [0.4, 0.5) is 0 Å². The van der Waals surface area contributed by atoms with Crippen molar-refractivity contribution in [1.82, 2.24) is 14.5 Å². The van der Waals surface area contributed by atoms with Crippen LogP contribution in [0.5, 0.6) is 5.75 Å². The molecule has 0 unspecified atom stereocenters. The molecule has 0 spiro atoms. The van der Waals surface area contributed by atoms with Crippen molar-refractivity contribution in [2.75, 3.05) is 0 Å². The molecule has 4 nitrogen and oxygen atoms in total. The first kappa shape index (κ1) is 30.5. The average Bonchev–Trinajstić information content (AvgIpc) is 3.44. The fourth-order valence-electron chi connectivity index (χ4n) is 6.27. The number of imidazole rings is 1. The van der Waals surface area contributed by atoms with Crippen molar-refractivity contribution >= 4 is 21.8 Å². The topological polar surface area (TPSA) is 50.9 Å². The summed E-state index contributed by atoms with van der Waals surface area (Å²) >= 11 is 0. The van der Waals surface area contributed by atoms with Crippen molar-refractivity contribution in [3.8, 4) is 45.3 Å². The maximum atomic E-state index is 11.0. The Morgan fingerprint density at radius 1 is 0.667 bits per heavy atom. The Kier molecular flexibility index (Phi) is 8.44. The normalized spacial score (nSPS) is 11.4. The van der Waals surface area contributed by atoms with Crippen molar-refractivity contribution in [3.63, 3.8) is 0 Å². The molecular weight excluding hydrogens is 734 g/mol. The van der Waals surface area contributed by atoms with E-state index in [1.807, 2.05) is 60.7 Å². The number of fused-ring (bicyclic) bond motifs is 2. The van der Waals surface area contributed by atoms with E-state index in [9.17, 15) is 5.11 Å². The van der Waals surface area contributed by atoms with Crippen LogP contribution in [-0.4, -0.2) is 19.6 Å². The number of aromatic hydroxyl groups is 1. The van der Waals surface area contributed by atoms with E-state index < -0.39 is 0 Å². The molecule has 0 atom stereocenters. The first-order valence-corrected chi connectivity index (χ1v) is 15.2. The van der Waals surface area contributed by atoms with E-state index in [0.717, 1.165) is 55.7 Å². The van der Waals surface area contributed by atoms with Gasteiger partial charge < -0.3 is 9.67 Å². The Morgan fingerprint density at radius 3 is 2.09 bits per heavy atom. The van der Waals surface area contributed by atoms with E-state index in [0.29, 0.717) is 11.8 Å². The van der Waals surface area contributed by atoms with Crippen LogP contribution in [0, 0.1) is 6.07 Å². The molecule has 45 heavy (non-hydrogen) atoms. The summed E-state index contributed by atoms with van der Waals surface area (Å²) in [6.07, 6.45) is 0. The summed E-state index contributed by atoms with van der Waals surface area (Å²) in [5.74, 6) is 1.71. The Balaban J connectivity index is 0.00000357. The van der Waals surface area contributed by atoms with E-state index in [4.69, 9.17) is 9.97 Å². The molecule has 0 amide bonds. The number of hydrogen-bond donors (Lipinski definition) is 1. The second-order valence-corrected chi connectivity index (χ2v) is 11.9. The van der Waals surface area contributed by atoms with Crippen molar-refractivity contribution < 1.29 is 26.2 Å². The number of aromatic nitrogens is 3. The molecule has 2 heterocycles. The second-order valence-electron chi connectivity index (χ2n) is 11.9. The van der Waals surface area contributed by atoms with Gasteiger partial charge in [0.25, 0.3) is 0 Å². The van der Waals surface area contributed by atoms with Gasteiger partial charge in [-0.1, -0.05) is 94.4 Å². The standard InChI is InChI=1S/C40H34N3O.Pt/c1-25(2)29-17-10-18-30(26(3)4)39(29)43-35-22-11-19-32(38(35)42-40(43)28-14-6-5-7-15-28)33-20-12-21-34(41-33)37-31-16-9-8-13-27(31)23-24-36(37)44;/h5-14,16-26,44H,1-4H3;/q-1;. The number of benzene rings is 5. The maximum Gasteiger partial charge on any atom is 0.125 e. The van der Waals surface area contributed by atoms with Crippen molar-refractivity contribution in [2.45, 2.75) is 39.5 Å². The molecule has 0 saturated carbocycles. The second kappa shape index (κ2) is 12.5. The van der Waals surface area contributed by atoms with Gasteiger partial charge in [-0.05, 0) is 58.0 Å². The number of hydrogen-bond acceptors (Lipinski definition) is 3. The van der Waals surface area contributed by atoms with Gasteiger partial charge in [-0.2, -0.15) is 0 Å². The molecule has 0 saturated heterocycles. The largest absolute Gasteiger partial charge is 0.507 e. The Bertz CT molecular complexity index is 2120. The molecule has 1 N–H and O–H groups in total. The van der Waals surface area contributed by atoms with Gasteiger partial charge in [0.1, 0.15) is 5.75 Å². The van der Waals surface area contributed by atoms with Gasteiger partial charge in [0.05, 0.1) is 28.2 Å². The SMILES string of the molecule is CC(C)c1cccc(C(C)C)c1-n1c(-c2[c-]cccc2)nc2c(-c3cccc(-c4c(O)ccc5ccccc45)n3)cccc21.[Pt]. The molecule has 5 heteroatoms. The minimum absolute atomic E-state index is 0. The smallest absolute Gasteiger partial charge is 0.125 e. The van der Waals surface area contributed by atoms with Crippen molar-refractivity contribution in [2.24, 2.45) is 0 Å². The van der Waals surface area contributed by atoms with Gasteiger partial charge in [0, 0.05) is 37.9 Å². The van der Waals surface area contributed by atoms with E-state index in [1.54, 1.807) is 6.07 Å². The van der Waals surface area contributed by atoms with E-state index in [2.05, 4.69) is 86.9 Å². The molecule has 0 aliphatic rings. The van der Waals surface area contributed by atoms with Crippen molar-refractivity contribution in [3.05, 3.63) is 132 Å². The van der Waals surface area contributed by atoms with Crippen LogP contribution in [0.3, 0.4) is 0 Å². The third kappa shape index (κ3) is 5.38. The molecular formula is C40H34N3OPt-. The van der Waals surface area contributed by atoms with Gasteiger partial charge in [-0.3, -0.25) is 4.98 Å². The van der Waals surface area contributed by atoms with Crippen LogP contribution < -0.4 is 0 Å². The van der Waals surface area contributed by atoms with Gasteiger partial charge in [0.15, 0.2) is 0 Å². The number of pyridine rings is 1. The summed E-state index contributed by atoms with van der Waals surface area (Å²) in [5.41, 5.74) is 9.77. The summed E-state index contributed by atoms with van der Waals surface area (Å²) in [6.45, 7) is 9.00. The zero-order valence-corrected chi connectivity index (χ0v) is 28.0. The van der Waals surface area contributed by atoms with E-state index in [-0.39, 0.29) is 26.8 Å². The molecule has 0 aliphatic heterocycles. The molecule has 5 aromatic carbocycles. The minimum atomic E-state index is 0. The molecule has 0 fully saturated rings. The van der Waals surface area contributed by atoms with Crippen LogP contribution in [0.1, 0.15) is 50.7 Å². The predicted octanol–water partition coefficient (Wildman–Crippen LogP) is 10.3. The third-order valence-corrected chi connectivity index (χ3v) is 8.39. The van der Waals surface area contributed by atoms with Gasteiger partial charge in [-0.15, -0.1) is 35.9 Å². The Hall–Kier alpha value is -4.53. The molecule has 2 aromatic heterocycles. The monoisotopic (exact) mass is 767 g/mol. The Morgan fingerprint density at radius 2 is 1.36 bits per heavy atom. The fraction of sp³-hybridized carbons (Fsp3) is 0.150. The number of phenols is 1. The number of phenolic OH excluding ortho intramolecular Hbond substituents is 1. The van der Waals surface area contributed by atoms with Crippen LogP contribution in [0.15, 0.2) is 115 Å². The zero-order valence-electron chi connectivity index (χ0n) is 25.7. The third-order valence-electron chi connectivity index (χ3n) is 8.39. The Labute approximate surface area is 278 Å². The quantitative estimate of drug-likeness (QED) is 0.172. The van der Waals surface area contributed by atoms with Crippen LogP contribution >= 0.6 is 0 Å². The van der Waals surface area contributed by atoms with Gasteiger partial charge in [-0.25, -0.2) is 4.98 Å². The molecule has 0 radical (unpaired) electrons. The van der Waals surface area contributed by atoms with E-state index in [1.165, 1.54) is 16.8 Å². The van der Waals surface area contributed by atoms with Crippen molar-refractivity contribution in [1.29, 1.82) is 0 Å². The maximum absolute atomic E-state index is 11.0.